The van der Waals surface area contributed by atoms with Crippen LogP contribution in [-0.4, -0.2) is 33.8 Å². The second kappa shape index (κ2) is 10.00. The van der Waals surface area contributed by atoms with Gasteiger partial charge in [0.15, 0.2) is 11.5 Å². The van der Waals surface area contributed by atoms with E-state index in [0.29, 0.717) is 36.0 Å². The van der Waals surface area contributed by atoms with Crippen LogP contribution in [0, 0.1) is 13.8 Å². The number of nitrogens with zero attached hydrogens (tertiary/aromatic N) is 1. The Kier molecular flexibility index (Phi) is 7.03. The van der Waals surface area contributed by atoms with Crippen LogP contribution in [0.3, 0.4) is 0 Å². The molecule has 0 aliphatic carbocycles. The van der Waals surface area contributed by atoms with Gasteiger partial charge in [0.25, 0.3) is 5.91 Å². The lowest BCUT2D eigenvalue weighted by Crippen LogP contribution is -2.29. The van der Waals surface area contributed by atoms with Crippen LogP contribution in [0.1, 0.15) is 45.6 Å². The predicted octanol–water partition coefficient (Wildman–Crippen LogP) is 4.53. The van der Waals surface area contributed by atoms with Crippen molar-refractivity contribution in [1.29, 1.82) is 0 Å². The van der Waals surface area contributed by atoms with Gasteiger partial charge in [0.05, 0.1) is 24.5 Å². The Morgan fingerprint density at radius 1 is 0.943 bits per heavy atom. The Morgan fingerprint density at radius 3 is 2.29 bits per heavy atom. The quantitative estimate of drug-likeness (QED) is 0.522. The minimum Gasteiger partial charge on any atom is -0.486 e. The molecule has 0 fully saturated rings. The molecule has 0 bridgehead atoms. The Bertz CT molecular complexity index is 1340. The average Bonchev–Trinajstić information content (AvgIpc) is 2.83. The minimum absolute atomic E-state index is 0.177. The highest BCUT2D eigenvalue weighted by atomic mass is 32.2. The molecule has 8 heteroatoms. The summed E-state index contributed by atoms with van der Waals surface area (Å²) in [5.74, 6) is 1.17. The van der Waals surface area contributed by atoms with Crippen molar-refractivity contribution in [2.75, 3.05) is 23.8 Å². The van der Waals surface area contributed by atoms with Crippen LogP contribution < -0.4 is 19.1 Å². The zero-order valence-electron chi connectivity index (χ0n) is 20.4. The van der Waals surface area contributed by atoms with E-state index in [1.165, 1.54) is 10.6 Å². The topological polar surface area (TPSA) is 84.9 Å². The van der Waals surface area contributed by atoms with Gasteiger partial charge in [-0.25, -0.2) is 8.42 Å². The van der Waals surface area contributed by atoms with Crippen molar-refractivity contribution in [3.05, 3.63) is 88.5 Å². The van der Waals surface area contributed by atoms with E-state index in [2.05, 4.69) is 5.32 Å². The summed E-state index contributed by atoms with van der Waals surface area (Å²) in [7, 11) is -3.49. The second-order valence-electron chi connectivity index (χ2n) is 8.83. The molecule has 1 atom stereocenters. The molecule has 184 valence electrons. The van der Waals surface area contributed by atoms with Crippen molar-refractivity contribution < 1.29 is 22.7 Å². The minimum atomic E-state index is -3.49. The van der Waals surface area contributed by atoms with E-state index in [1.54, 1.807) is 24.3 Å². The highest BCUT2D eigenvalue weighted by Crippen LogP contribution is 2.32. The average molecular weight is 495 g/mol. The number of fused-ring (bicyclic) bond motifs is 1. The van der Waals surface area contributed by atoms with Gasteiger partial charge in [-0.2, -0.15) is 0 Å². The molecule has 4 rings (SSSR count). The first kappa shape index (κ1) is 24.6. The molecule has 3 aromatic rings. The van der Waals surface area contributed by atoms with Gasteiger partial charge >= 0.3 is 0 Å². The summed E-state index contributed by atoms with van der Waals surface area (Å²) in [6.07, 6.45) is 1.20. The molecule has 3 aromatic carbocycles. The fourth-order valence-electron chi connectivity index (χ4n) is 3.90. The van der Waals surface area contributed by atoms with Crippen molar-refractivity contribution in [3.8, 4) is 11.5 Å². The monoisotopic (exact) mass is 494 g/mol. The number of hydrogen-bond acceptors (Lipinski definition) is 5. The third-order valence-corrected chi connectivity index (χ3v) is 7.28. The van der Waals surface area contributed by atoms with E-state index in [4.69, 9.17) is 9.47 Å². The zero-order valence-corrected chi connectivity index (χ0v) is 21.2. The van der Waals surface area contributed by atoms with Crippen LogP contribution >= 0.6 is 0 Å². The molecule has 0 radical (unpaired) electrons. The number of nitrogens with one attached hydrogen (secondary N) is 1. The predicted molar refractivity (Wildman–Crippen MR) is 137 cm³/mol. The smallest absolute Gasteiger partial charge is 0.251 e. The van der Waals surface area contributed by atoms with Gasteiger partial charge in [0.1, 0.15) is 13.2 Å². The number of rotatable bonds is 7. The Morgan fingerprint density at radius 2 is 1.63 bits per heavy atom. The third kappa shape index (κ3) is 5.77. The number of amides is 1. The summed E-state index contributed by atoms with van der Waals surface area (Å²) < 4.78 is 37.6. The van der Waals surface area contributed by atoms with Gasteiger partial charge < -0.3 is 14.8 Å². The molecule has 0 saturated heterocycles. The van der Waals surface area contributed by atoms with Crippen molar-refractivity contribution in [2.24, 2.45) is 0 Å². The molecule has 0 saturated carbocycles. The number of hydrogen-bond donors (Lipinski definition) is 1. The van der Waals surface area contributed by atoms with Crippen LogP contribution in [0.4, 0.5) is 5.69 Å². The highest BCUT2D eigenvalue weighted by molar-refractivity contribution is 7.92. The first-order valence-corrected chi connectivity index (χ1v) is 13.3. The fourth-order valence-corrected chi connectivity index (χ4v) is 4.78. The van der Waals surface area contributed by atoms with E-state index >= 15 is 0 Å². The summed E-state index contributed by atoms with van der Waals surface area (Å²) in [5, 5.41) is 3.00. The molecular formula is C27H30N2O5S. The van der Waals surface area contributed by atoms with Crippen molar-refractivity contribution in [1.82, 2.24) is 5.32 Å². The summed E-state index contributed by atoms with van der Waals surface area (Å²) in [5.41, 5.74) is 4.93. The molecule has 0 aromatic heterocycles. The highest BCUT2D eigenvalue weighted by Gasteiger charge is 2.20. The molecule has 35 heavy (non-hydrogen) atoms. The van der Waals surface area contributed by atoms with Crippen LogP contribution in [0.2, 0.25) is 0 Å². The number of aryl methyl sites for hydroxylation is 2. The lowest BCUT2D eigenvalue weighted by atomic mass is 10.1. The molecular weight excluding hydrogens is 464 g/mol. The molecule has 1 N–H and O–H groups in total. The van der Waals surface area contributed by atoms with Gasteiger partial charge in [0, 0.05) is 5.56 Å². The standard InChI is InChI=1S/C27H30N2O5S/c1-18-5-11-24(15-19(18)2)29(35(4,31)32)17-21-6-8-22(9-7-21)27(30)28-20(3)23-10-12-25-26(16-23)34-14-13-33-25/h5-12,15-16,20H,13-14,17H2,1-4H3,(H,28,30)/t20-/m1/s1. The summed E-state index contributed by atoms with van der Waals surface area (Å²) in [6.45, 7) is 7.06. The molecule has 0 spiro atoms. The lowest BCUT2D eigenvalue weighted by molar-refractivity contribution is 0.0939. The van der Waals surface area contributed by atoms with Crippen LogP contribution in [0.15, 0.2) is 60.7 Å². The Hall–Kier alpha value is -3.52. The maximum absolute atomic E-state index is 12.8. The zero-order chi connectivity index (χ0) is 25.2. The van der Waals surface area contributed by atoms with Crippen molar-refractivity contribution in [2.45, 2.75) is 33.4 Å². The number of ether oxygens (including phenoxy) is 2. The molecule has 1 aliphatic heterocycles. The molecule has 7 nitrogen and oxygen atoms in total. The van der Waals surface area contributed by atoms with Gasteiger partial charge in [-0.05, 0) is 79.4 Å². The third-order valence-electron chi connectivity index (χ3n) is 6.13. The largest absolute Gasteiger partial charge is 0.486 e. The normalized spacial score (nSPS) is 13.7. The van der Waals surface area contributed by atoms with Crippen molar-refractivity contribution >= 4 is 21.6 Å². The van der Waals surface area contributed by atoms with Gasteiger partial charge in [0.2, 0.25) is 10.0 Å². The molecule has 0 unspecified atom stereocenters. The van der Waals surface area contributed by atoms with Crippen LogP contribution in [0.25, 0.3) is 0 Å². The van der Waals surface area contributed by atoms with Gasteiger partial charge in [-0.3, -0.25) is 9.10 Å². The van der Waals surface area contributed by atoms with Gasteiger partial charge in [-0.1, -0.05) is 24.3 Å². The summed E-state index contributed by atoms with van der Waals surface area (Å²) in [6, 6.07) is 18.0. The Balaban J connectivity index is 1.45. The number of benzene rings is 3. The lowest BCUT2D eigenvalue weighted by Gasteiger charge is -2.23. The molecule has 1 amide bonds. The van der Waals surface area contributed by atoms with E-state index in [1.807, 2.05) is 57.2 Å². The fraction of sp³-hybridized carbons (Fsp3) is 0.296. The van der Waals surface area contributed by atoms with Crippen LogP contribution in [0.5, 0.6) is 11.5 Å². The second-order valence-corrected chi connectivity index (χ2v) is 10.7. The van der Waals surface area contributed by atoms with Gasteiger partial charge in [-0.15, -0.1) is 0 Å². The van der Waals surface area contributed by atoms with Crippen LogP contribution in [-0.2, 0) is 16.6 Å². The first-order valence-electron chi connectivity index (χ1n) is 11.5. The van der Waals surface area contributed by atoms with E-state index in [0.717, 1.165) is 22.3 Å². The molecule has 1 heterocycles. The Labute approximate surface area is 206 Å². The SMILES string of the molecule is Cc1ccc(N(Cc2ccc(C(=O)N[C@H](C)c3ccc4c(c3)OCCO4)cc2)S(C)(=O)=O)cc1C. The number of carbonyl (C=O) groups excluding carboxylic acids is 1. The first-order chi connectivity index (χ1) is 16.6. The van der Waals surface area contributed by atoms with Crippen molar-refractivity contribution in [3.63, 3.8) is 0 Å². The number of anilines is 1. The summed E-state index contributed by atoms with van der Waals surface area (Å²) >= 11 is 0. The van der Waals surface area contributed by atoms with E-state index in [9.17, 15) is 13.2 Å². The number of sulfonamides is 1. The van der Waals surface area contributed by atoms with E-state index in [-0.39, 0.29) is 18.5 Å². The maximum Gasteiger partial charge on any atom is 0.251 e. The van der Waals surface area contributed by atoms with E-state index < -0.39 is 10.0 Å². The molecule has 1 aliphatic rings. The summed E-state index contributed by atoms with van der Waals surface area (Å²) in [4.78, 5) is 12.8. The maximum atomic E-state index is 12.8. The number of carbonyl (C=O) groups is 1.